The fourth-order valence-electron chi connectivity index (χ4n) is 3.13. The SMILES string of the molecule is Fc1cc(F)cc(-c2nn(Cc3ccncc3)c3c2CNCC3)c1. The molecule has 24 heavy (non-hydrogen) atoms. The Bertz CT molecular complexity index is 854. The number of benzene rings is 1. The Hall–Kier alpha value is -2.60. The Morgan fingerprint density at radius 2 is 1.83 bits per heavy atom. The summed E-state index contributed by atoms with van der Waals surface area (Å²) in [6.45, 7) is 2.13. The van der Waals surface area contributed by atoms with Crippen molar-refractivity contribution in [1.29, 1.82) is 0 Å². The molecule has 0 saturated carbocycles. The third-order valence-corrected chi connectivity index (χ3v) is 4.22. The summed E-state index contributed by atoms with van der Waals surface area (Å²) in [6, 6.07) is 7.42. The van der Waals surface area contributed by atoms with Gasteiger partial charge in [0.2, 0.25) is 0 Å². The Kier molecular flexibility index (Phi) is 3.82. The van der Waals surface area contributed by atoms with Crippen molar-refractivity contribution >= 4 is 0 Å². The van der Waals surface area contributed by atoms with E-state index in [1.165, 1.54) is 12.1 Å². The second kappa shape index (κ2) is 6.13. The maximum atomic E-state index is 13.6. The maximum absolute atomic E-state index is 13.6. The first-order chi connectivity index (χ1) is 11.7. The zero-order valence-electron chi connectivity index (χ0n) is 13.0. The predicted octanol–water partition coefficient (Wildman–Crippen LogP) is 2.92. The fraction of sp³-hybridized carbons (Fsp3) is 0.222. The largest absolute Gasteiger partial charge is 0.312 e. The van der Waals surface area contributed by atoms with E-state index in [1.807, 2.05) is 16.8 Å². The molecule has 0 radical (unpaired) electrons. The first kappa shape index (κ1) is 15.0. The minimum Gasteiger partial charge on any atom is -0.312 e. The van der Waals surface area contributed by atoms with Crippen LogP contribution in [-0.2, 0) is 19.5 Å². The van der Waals surface area contributed by atoms with Gasteiger partial charge in [-0.1, -0.05) is 0 Å². The third-order valence-electron chi connectivity index (χ3n) is 4.22. The minimum atomic E-state index is -0.591. The van der Waals surface area contributed by atoms with Crippen molar-refractivity contribution in [2.45, 2.75) is 19.5 Å². The van der Waals surface area contributed by atoms with Crippen LogP contribution in [0, 0.1) is 11.6 Å². The lowest BCUT2D eigenvalue weighted by Crippen LogP contribution is -2.25. The number of hydrogen-bond acceptors (Lipinski definition) is 3. The molecule has 6 heteroatoms. The van der Waals surface area contributed by atoms with Crippen molar-refractivity contribution in [2.24, 2.45) is 0 Å². The van der Waals surface area contributed by atoms with Gasteiger partial charge in [0.1, 0.15) is 11.6 Å². The number of rotatable bonds is 3. The summed E-state index contributed by atoms with van der Waals surface area (Å²) >= 11 is 0. The van der Waals surface area contributed by atoms with Gasteiger partial charge in [-0.25, -0.2) is 8.78 Å². The zero-order valence-corrected chi connectivity index (χ0v) is 13.0. The van der Waals surface area contributed by atoms with Crippen molar-refractivity contribution < 1.29 is 8.78 Å². The monoisotopic (exact) mass is 326 g/mol. The number of hydrogen-bond donors (Lipinski definition) is 1. The van der Waals surface area contributed by atoms with Gasteiger partial charge >= 0.3 is 0 Å². The smallest absolute Gasteiger partial charge is 0.126 e. The van der Waals surface area contributed by atoms with Gasteiger partial charge in [0.05, 0.1) is 12.2 Å². The Labute approximate surface area is 138 Å². The minimum absolute atomic E-state index is 0.473. The van der Waals surface area contributed by atoms with Gasteiger partial charge in [0.15, 0.2) is 0 Å². The number of nitrogens with one attached hydrogen (secondary N) is 1. The predicted molar refractivity (Wildman–Crippen MR) is 86.3 cm³/mol. The highest BCUT2D eigenvalue weighted by Crippen LogP contribution is 2.29. The molecule has 4 nitrogen and oxygen atoms in total. The molecule has 122 valence electrons. The van der Waals surface area contributed by atoms with Crippen LogP contribution in [0.1, 0.15) is 16.8 Å². The van der Waals surface area contributed by atoms with E-state index >= 15 is 0 Å². The Morgan fingerprint density at radius 1 is 1.08 bits per heavy atom. The van der Waals surface area contributed by atoms with Gasteiger partial charge < -0.3 is 5.32 Å². The molecule has 1 aliphatic heterocycles. The second-order valence-electron chi connectivity index (χ2n) is 5.87. The summed E-state index contributed by atoms with van der Waals surface area (Å²) in [6.07, 6.45) is 4.33. The highest BCUT2D eigenvalue weighted by molar-refractivity contribution is 5.64. The van der Waals surface area contributed by atoms with E-state index in [9.17, 15) is 8.78 Å². The molecule has 0 aliphatic carbocycles. The molecule has 1 aliphatic rings. The molecule has 1 aromatic carbocycles. The van der Waals surface area contributed by atoms with Gasteiger partial charge in [-0.15, -0.1) is 0 Å². The topological polar surface area (TPSA) is 42.7 Å². The highest BCUT2D eigenvalue weighted by atomic mass is 19.1. The van der Waals surface area contributed by atoms with Gasteiger partial charge in [0, 0.05) is 54.8 Å². The lowest BCUT2D eigenvalue weighted by molar-refractivity contribution is 0.582. The number of aromatic nitrogens is 3. The number of halogens is 2. The van der Waals surface area contributed by atoms with Crippen LogP contribution in [0.3, 0.4) is 0 Å². The fourth-order valence-corrected chi connectivity index (χ4v) is 3.13. The van der Waals surface area contributed by atoms with Crippen LogP contribution < -0.4 is 5.32 Å². The van der Waals surface area contributed by atoms with Crippen molar-refractivity contribution in [3.05, 3.63) is 71.2 Å². The summed E-state index contributed by atoms with van der Waals surface area (Å²) in [5, 5.41) is 7.97. The van der Waals surface area contributed by atoms with Gasteiger partial charge in [-0.3, -0.25) is 9.67 Å². The highest BCUT2D eigenvalue weighted by Gasteiger charge is 2.22. The van der Waals surface area contributed by atoms with Crippen LogP contribution in [-0.4, -0.2) is 21.3 Å². The normalized spacial score (nSPS) is 13.8. The van der Waals surface area contributed by atoms with Crippen LogP contribution >= 0.6 is 0 Å². The standard InChI is InChI=1S/C18H16F2N4/c19-14-7-13(8-15(20)9-14)18-16-10-22-6-3-17(16)24(23-18)11-12-1-4-21-5-2-12/h1-2,4-5,7-9,22H,3,6,10-11H2. The summed E-state index contributed by atoms with van der Waals surface area (Å²) in [5.74, 6) is -1.18. The van der Waals surface area contributed by atoms with E-state index in [2.05, 4.69) is 15.4 Å². The molecule has 0 bridgehead atoms. The summed E-state index contributed by atoms with van der Waals surface area (Å²) in [7, 11) is 0. The molecular weight excluding hydrogens is 310 g/mol. The van der Waals surface area contributed by atoms with E-state index in [0.717, 1.165) is 35.9 Å². The van der Waals surface area contributed by atoms with Crippen LogP contribution in [0.15, 0.2) is 42.7 Å². The first-order valence-corrected chi connectivity index (χ1v) is 7.85. The number of fused-ring (bicyclic) bond motifs is 1. The molecule has 0 atom stereocenters. The Morgan fingerprint density at radius 3 is 2.58 bits per heavy atom. The molecule has 3 aromatic rings. The molecule has 0 spiro atoms. The summed E-state index contributed by atoms with van der Waals surface area (Å²) in [4.78, 5) is 4.02. The van der Waals surface area contributed by atoms with Crippen molar-refractivity contribution in [3.63, 3.8) is 0 Å². The molecule has 4 rings (SSSR count). The summed E-state index contributed by atoms with van der Waals surface area (Å²) < 4.78 is 29.1. The molecule has 0 saturated heterocycles. The molecular formula is C18H16F2N4. The molecule has 0 unspecified atom stereocenters. The van der Waals surface area contributed by atoms with Crippen molar-refractivity contribution in [1.82, 2.24) is 20.1 Å². The Balaban J connectivity index is 1.80. The van der Waals surface area contributed by atoms with E-state index < -0.39 is 11.6 Å². The third kappa shape index (κ3) is 2.80. The quantitative estimate of drug-likeness (QED) is 0.805. The number of nitrogens with zero attached hydrogens (tertiary/aromatic N) is 3. The maximum Gasteiger partial charge on any atom is 0.126 e. The number of pyridine rings is 1. The lowest BCUT2D eigenvalue weighted by Gasteiger charge is -2.15. The second-order valence-corrected chi connectivity index (χ2v) is 5.87. The molecule has 2 aromatic heterocycles. The average Bonchev–Trinajstić information content (AvgIpc) is 2.94. The molecule has 0 amide bonds. The zero-order chi connectivity index (χ0) is 16.5. The first-order valence-electron chi connectivity index (χ1n) is 7.85. The van der Waals surface area contributed by atoms with Crippen LogP contribution in [0.2, 0.25) is 0 Å². The lowest BCUT2D eigenvalue weighted by atomic mass is 10.0. The summed E-state index contributed by atoms with van der Waals surface area (Å²) in [5.41, 5.74) is 4.34. The van der Waals surface area contributed by atoms with Gasteiger partial charge in [-0.05, 0) is 29.8 Å². The molecule has 3 heterocycles. The molecule has 0 fully saturated rings. The van der Waals surface area contributed by atoms with Gasteiger partial charge in [-0.2, -0.15) is 5.10 Å². The van der Waals surface area contributed by atoms with E-state index in [1.54, 1.807) is 12.4 Å². The van der Waals surface area contributed by atoms with E-state index in [0.29, 0.717) is 24.3 Å². The average molecular weight is 326 g/mol. The van der Waals surface area contributed by atoms with Crippen molar-refractivity contribution in [3.8, 4) is 11.3 Å². The van der Waals surface area contributed by atoms with E-state index in [4.69, 9.17) is 0 Å². The van der Waals surface area contributed by atoms with Crippen LogP contribution in [0.5, 0.6) is 0 Å². The van der Waals surface area contributed by atoms with Gasteiger partial charge in [0.25, 0.3) is 0 Å². The van der Waals surface area contributed by atoms with Crippen molar-refractivity contribution in [2.75, 3.05) is 6.54 Å². The van der Waals surface area contributed by atoms with E-state index in [-0.39, 0.29) is 0 Å². The van der Waals surface area contributed by atoms with Crippen LogP contribution in [0.25, 0.3) is 11.3 Å². The molecule has 1 N–H and O–H groups in total. The van der Waals surface area contributed by atoms with Crippen LogP contribution in [0.4, 0.5) is 8.78 Å².